The highest BCUT2D eigenvalue weighted by Crippen LogP contribution is 2.22. The summed E-state index contributed by atoms with van der Waals surface area (Å²) in [5, 5.41) is 34.2. The minimum absolute atomic E-state index is 0.00609. The van der Waals surface area contributed by atoms with Crippen LogP contribution in [0.15, 0.2) is 30.3 Å². The Morgan fingerprint density at radius 1 is 0.854 bits per heavy atom. The van der Waals surface area contributed by atoms with Crippen molar-refractivity contribution in [2.45, 2.75) is 88.8 Å². The third-order valence-electron chi connectivity index (χ3n) is 7.51. The molecular weight excluding hydrogens is 638 g/mol. The molecule has 1 saturated heterocycles. The number of carbonyl (C=O) groups excluding carboxylic acids is 3. The number of carboxylic acid groups (broad SMARTS) is 1. The zero-order chi connectivity index (χ0) is 35.1. The van der Waals surface area contributed by atoms with E-state index in [4.69, 9.17) is 9.47 Å². The van der Waals surface area contributed by atoms with Crippen molar-refractivity contribution < 1.29 is 53.6 Å². The Morgan fingerprint density at radius 2 is 1.48 bits per heavy atom. The molecule has 1 heterocycles. The average molecular weight is 684 g/mol. The summed E-state index contributed by atoms with van der Waals surface area (Å²) < 4.78 is 10.4. The molecule has 0 saturated carbocycles. The standard InChI is InChI=1S/C30H45N5O13/c36-27(33-18-10-14-26(33)29(39)45-19-6-8-21-47-34(41)42)24(32-25(28(37)38)16-15-23-11-2-1-3-12-23)13-4-5-17-31-30(40)46-20-7-9-22-48-35(43)44/h1-3,11-12,24-26,32H,4-10,13-22H2,(H,31,40)(H,37,38). The molecule has 0 aliphatic carbocycles. The number of amides is 2. The Bertz CT molecular complexity index is 1170. The largest absolute Gasteiger partial charge is 0.480 e. The first-order chi connectivity index (χ1) is 23.1. The summed E-state index contributed by atoms with van der Waals surface area (Å²) in [7, 11) is 0. The normalized spacial score (nSPS) is 15.2. The number of carbonyl (C=O) groups is 4. The number of rotatable bonds is 25. The van der Waals surface area contributed by atoms with Crippen LogP contribution in [0.5, 0.6) is 0 Å². The highest BCUT2D eigenvalue weighted by atomic mass is 17.0. The molecule has 18 nitrogen and oxygen atoms in total. The lowest BCUT2D eigenvalue weighted by atomic mass is 10.0. The molecule has 3 unspecified atom stereocenters. The van der Waals surface area contributed by atoms with Crippen molar-refractivity contribution in [3.63, 3.8) is 0 Å². The fourth-order valence-corrected chi connectivity index (χ4v) is 5.07. The van der Waals surface area contributed by atoms with Crippen LogP contribution in [0, 0.1) is 20.2 Å². The molecule has 1 fully saturated rings. The fourth-order valence-electron chi connectivity index (χ4n) is 5.07. The number of alkyl carbamates (subject to hydrolysis) is 1. The number of unbranched alkanes of at least 4 members (excludes halogenated alkanes) is 3. The lowest BCUT2D eigenvalue weighted by Crippen LogP contribution is -2.54. The highest BCUT2D eigenvalue weighted by molar-refractivity contribution is 5.88. The molecule has 0 bridgehead atoms. The van der Waals surface area contributed by atoms with Gasteiger partial charge in [0.25, 0.3) is 10.2 Å². The van der Waals surface area contributed by atoms with Crippen LogP contribution >= 0.6 is 0 Å². The summed E-state index contributed by atoms with van der Waals surface area (Å²) >= 11 is 0. The van der Waals surface area contributed by atoms with Crippen LogP contribution in [0.4, 0.5) is 4.79 Å². The number of ether oxygens (including phenoxy) is 2. The summed E-state index contributed by atoms with van der Waals surface area (Å²) in [6.45, 7) is 0.367. The zero-order valence-corrected chi connectivity index (χ0v) is 26.8. The molecule has 1 aromatic rings. The van der Waals surface area contributed by atoms with E-state index in [1.165, 1.54) is 4.90 Å². The van der Waals surface area contributed by atoms with Gasteiger partial charge >= 0.3 is 18.0 Å². The Labute approximate surface area is 277 Å². The number of nitrogens with zero attached hydrogens (tertiary/aromatic N) is 3. The molecule has 0 radical (unpaired) electrons. The number of nitrogens with one attached hydrogen (secondary N) is 2. The number of carboxylic acids is 1. The lowest BCUT2D eigenvalue weighted by Gasteiger charge is -2.30. The molecule has 0 spiro atoms. The van der Waals surface area contributed by atoms with Crippen molar-refractivity contribution in [1.82, 2.24) is 15.5 Å². The molecule has 3 N–H and O–H groups in total. The first kappa shape index (κ1) is 39.4. The molecular formula is C30H45N5O13. The SMILES string of the molecule is O=C(NCCCCC(NC(CCc1ccccc1)C(=O)O)C(=O)N1CCCC1C(=O)OCCCCO[N+](=O)[O-])OCCCCO[N+](=O)[O-]. The summed E-state index contributed by atoms with van der Waals surface area (Å²) in [6, 6.07) is 6.54. The maximum absolute atomic E-state index is 13.8. The van der Waals surface area contributed by atoms with Crippen molar-refractivity contribution in [3.8, 4) is 0 Å². The molecule has 48 heavy (non-hydrogen) atoms. The summed E-state index contributed by atoms with van der Waals surface area (Å²) in [4.78, 5) is 81.1. The number of hydrogen-bond donors (Lipinski definition) is 3. The van der Waals surface area contributed by atoms with Gasteiger partial charge in [-0.05, 0) is 76.2 Å². The average Bonchev–Trinajstić information content (AvgIpc) is 3.55. The molecule has 1 aromatic carbocycles. The Balaban J connectivity index is 1.94. The smallest absolute Gasteiger partial charge is 0.407 e. The van der Waals surface area contributed by atoms with E-state index in [2.05, 4.69) is 20.3 Å². The van der Waals surface area contributed by atoms with Crippen LogP contribution in [-0.4, -0.2) is 102 Å². The van der Waals surface area contributed by atoms with Crippen molar-refractivity contribution in [2.24, 2.45) is 0 Å². The second kappa shape index (κ2) is 22.7. The van der Waals surface area contributed by atoms with Crippen molar-refractivity contribution in [1.29, 1.82) is 0 Å². The van der Waals surface area contributed by atoms with E-state index >= 15 is 0 Å². The van der Waals surface area contributed by atoms with Crippen molar-refractivity contribution in [3.05, 3.63) is 56.1 Å². The number of hydrogen-bond acceptors (Lipinski definition) is 13. The van der Waals surface area contributed by atoms with Crippen molar-refractivity contribution in [2.75, 3.05) is 39.5 Å². The van der Waals surface area contributed by atoms with Gasteiger partial charge in [0.1, 0.15) is 12.1 Å². The summed E-state index contributed by atoms with van der Waals surface area (Å²) in [5.41, 5.74) is 0.948. The Kier molecular flexibility index (Phi) is 18.7. The monoisotopic (exact) mass is 683 g/mol. The van der Waals surface area contributed by atoms with Crippen LogP contribution in [0.2, 0.25) is 0 Å². The second-order valence-electron chi connectivity index (χ2n) is 11.1. The van der Waals surface area contributed by atoms with E-state index < -0.39 is 52.2 Å². The van der Waals surface area contributed by atoms with Crippen LogP contribution in [-0.2, 0) is 40.0 Å². The molecule has 1 aliphatic heterocycles. The van der Waals surface area contributed by atoms with Gasteiger partial charge in [-0.1, -0.05) is 30.3 Å². The molecule has 1 aliphatic rings. The van der Waals surface area contributed by atoms with Gasteiger partial charge in [-0.15, -0.1) is 20.2 Å². The van der Waals surface area contributed by atoms with Crippen LogP contribution in [0.1, 0.15) is 69.8 Å². The molecule has 2 amide bonds. The van der Waals surface area contributed by atoms with Gasteiger partial charge in [0.2, 0.25) is 5.91 Å². The maximum atomic E-state index is 13.8. The topological polar surface area (TPSA) is 239 Å². The van der Waals surface area contributed by atoms with Crippen LogP contribution in [0.25, 0.3) is 0 Å². The summed E-state index contributed by atoms with van der Waals surface area (Å²) in [5.74, 6) is -2.13. The van der Waals surface area contributed by atoms with Gasteiger partial charge in [0.15, 0.2) is 0 Å². The third kappa shape index (κ3) is 16.2. The number of esters is 1. The molecule has 2 rings (SSSR count). The Hall–Kier alpha value is -4.74. The number of aryl methyl sites for hydroxylation is 1. The number of benzene rings is 1. The lowest BCUT2D eigenvalue weighted by molar-refractivity contribution is -0.757. The molecule has 18 heteroatoms. The van der Waals surface area contributed by atoms with Crippen molar-refractivity contribution >= 4 is 23.9 Å². The first-order valence-electron chi connectivity index (χ1n) is 16.0. The van der Waals surface area contributed by atoms with Gasteiger partial charge in [-0.25, -0.2) is 9.59 Å². The zero-order valence-electron chi connectivity index (χ0n) is 26.8. The van der Waals surface area contributed by atoms with E-state index in [1.807, 2.05) is 30.3 Å². The minimum Gasteiger partial charge on any atom is -0.480 e. The van der Waals surface area contributed by atoms with E-state index in [0.717, 1.165) is 5.56 Å². The quantitative estimate of drug-likeness (QED) is 0.0581. The number of likely N-dealkylation sites (tertiary alicyclic amines) is 1. The molecule has 0 aromatic heterocycles. The first-order valence-corrected chi connectivity index (χ1v) is 16.0. The van der Waals surface area contributed by atoms with Crippen LogP contribution in [0.3, 0.4) is 0 Å². The van der Waals surface area contributed by atoms with E-state index in [1.54, 1.807) is 0 Å². The second-order valence-corrected chi connectivity index (χ2v) is 11.1. The molecule has 3 atom stereocenters. The third-order valence-corrected chi connectivity index (χ3v) is 7.51. The fraction of sp³-hybridized carbons (Fsp3) is 0.667. The summed E-state index contributed by atoms with van der Waals surface area (Å²) in [6.07, 6.45) is 3.45. The maximum Gasteiger partial charge on any atom is 0.407 e. The Morgan fingerprint density at radius 3 is 2.10 bits per heavy atom. The van der Waals surface area contributed by atoms with E-state index in [-0.39, 0.29) is 45.8 Å². The van der Waals surface area contributed by atoms with E-state index in [0.29, 0.717) is 64.3 Å². The van der Waals surface area contributed by atoms with Gasteiger partial charge in [0.05, 0.1) is 32.5 Å². The van der Waals surface area contributed by atoms with Gasteiger partial charge in [-0.3, -0.25) is 14.9 Å². The van der Waals surface area contributed by atoms with Gasteiger partial charge in [0, 0.05) is 13.1 Å². The molecule has 268 valence electrons. The predicted molar refractivity (Wildman–Crippen MR) is 166 cm³/mol. The van der Waals surface area contributed by atoms with E-state index in [9.17, 15) is 44.5 Å². The predicted octanol–water partition coefficient (Wildman–Crippen LogP) is 2.44. The highest BCUT2D eigenvalue weighted by Gasteiger charge is 2.39. The number of aliphatic carboxylic acids is 1. The van der Waals surface area contributed by atoms with Gasteiger partial charge in [-0.2, -0.15) is 0 Å². The van der Waals surface area contributed by atoms with Crippen LogP contribution < -0.4 is 10.6 Å². The minimum atomic E-state index is -1.11. The van der Waals surface area contributed by atoms with Gasteiger partial charge < -0.3 is 34.5 Å².